The lowest BCUT2D eigenvalue weighted by Gasteiger charge is -2.06. The summed E-state index contributed by atoms with van der Waals surface area (Å²) in [6.45, 7) is 2.42. The molecule has 0 unspecified atom stereocenters. The zero-order chi connectivity index (χ0) is 17.1. The first kappa shape index (κ1) is 15.1. The molecule has 0 bridgehead atoms. The predicted octanol–water partition coefficient (Wildman–Crippen LogP) is 4.08. The standard InChI is InChI=1S/C19H16N4O2/c1-14-18(11-23-13-20-12-21-23)22-19(24-14)15-6-5-9-17(10-15)25-16-7-3-2-4-8-16/h2-10,12-13H,11H2,1H3. The van der Waals surface area contributed by atoms with Gasteiger partial charge in [0.25, 0.3) is 0 Å². The fraction of sp³-hybridized carbons (Fsp3) is 0.105. The zero-order valence-corrected chi connectivity index (χ0v) is 13.7. The average Bonchev–Trinajstić information content (AvgIpc) is 3.27. The van der Waals surface area contributed by atoms with Gasteiger partial charge in [0, 0.05) is 5.56 Å². The molecular weight excluding hydrogens is 316 g/mol. The number of oxazole rings is 1. The highest BCUT2D eigenvalue weighted by Gasteiger charge is 2.13. The number of hydrogen-bond acceptors (Lipinski definition) is 5. The summed E-state index contributed by atoms with van der Waals surface area (Å²) in [5.41, 5.74) is 1.69. The third kappa shape index (κ3) is 3.42. The summed E-state index contributed by atoms with van der Waals surface area (Å²) in [4.78, 5) is 8.53. The number of nitrogens with zero attached hydrogens (tertiary/aromatic N) is 4. The number of hydrogen-bond donors (Lipinski definition) is 0. The molecule has 0 aliphatic heterocycles. The number of aryl methyl sites for hydroxylation is 1. The van der Waals surface area contributed by atoms with Crippen LogP contribution in [0.15, 0.2) is 71.7 Å². The highest BCUT2D eigenvalue weighted by atomic mass is 16.5. The SMILES string of the molecule is Cc1oc(-c2cccc(Oc3ccccc3)c2)nc1Cn1cncn1. The van der Waals surface area contributed by atoms with Crippen LogP contribution in [-0.4, -0.2) is 19.7 Å². The number of benzene rings is 2. The van der Waals surface area contributed by atoms with E-state index < -0.39 is 0 Å². The first-order chi connectivity index (χ1) is 12.3. The summed E-state index contributed by atoms with van der Waals surface area (Å²) in [5, 5.41) is 4.10. The van der Waals surface area contributed by atoms with E-state index in [2.05, 4.69) is 15.1 Å². The van der Waals surface area contributed by atoms with Crippen molar-refractivity contribution in [3.63, 3.8) is 0 Å². The lowest BCUT2D eigenvalue weighted by Crippen LogP contribution is -2.01. The maximum atomic E-state index is 5.87. The summed E-state index contributed by atoms with van der Waals surface area (Å²) < 4.78 is 13.4. The third-order valence-electron chi connectivity index (χ3n) is 3.73. The molecule has 0 saturated carbocycles. The Morgan fingerprint density at radius 1 is 1.04 bits per heavy atom. The Labute approximate surface area is 144 Å². The van der Waals surface area contributed by atoms with Crippen LogP contribution in [0.1, 0.15) is 11.5 Å². The second-order valence-corrected chi connectivity index (χ2v) is 5.56. The lowest BCUT2D eigenvalue weighted by molar-refractivity contribution is 0.482. The van der Waals surface area contributed by atoms with Gasteiger partial charge in [-0.3, -0.25) is 0 Å². The van der Waals surface area contributed by atoms with E-state index in [0.29, 0.717) is 12.4 Å². The first-order valence-electron chi connectivity index (χ1n) is 7.90. The van der Waals surface area contributed by atoms with Crippen molar-refractivity contribution in [1.82, 2.24) is 19.7 Å². The first-order valence-corrected chi connectivity index (χ1v) is 7.90. The van der Waals surface area contributed by atoms with Crippen molar-refractivity contribution in [3.05, 3.63) is 78.7 Å². The summed E-state index contributed by atoms with van der Waals surface area (Å²) in [6, 6.07) is 17.3. The van der Waals surface area contributed by atoms with Crippen molar-refractivity contribution in [1.29, 1.82) is 0 Å². The molecule has 2 heterocycles. The van der Waals surface area contributed by atoms with E-state index in [1.807, 2.05) is 61.5 Å². The Balaban J connectivity index is 1.58. The van der Waals surface area contributed by atoms with Crippen LogP contribution in [0.2, 0.25) is 0 Å². The predicted molar refractivity (Wildman–Crippen MR) is 92.3 cm³/mol. The second kappa shape index (κ2) is 6.60. The minimum atomic E-state index is 0.523. The molecule has 2 aromatic carbocycles. The molecule has 0 spiro atoms. The molecule has 124 valence electrons. The Bertz CT molecular complexity index is 962. The van der Waals surface area contributed by atoms with Crippen LogP contribution in [0.25, 0.3) is 11.5 Å². The van der Waals surface area contributed by atoms with Crippen molar-refractivity contribution in [2.24, 2.45) is 0 Å². The number of aromatic nitrogens is 4. The Morgan fingerprint density at radius 3 is 2.68 bits per heavy atom. The highest BCUT2D eigenvalue weighted by Crippen LogP contribution is 2.28. The van der Waals surface area contributed by atoms with Gasteiger partial charge < -0.3 is 9.15 Å². The molecule has 0 aliphatic rings. The molecule has 6 heteroatoms. The maximum Gasteiger partial charge on any atom is 0.226 e. The van der Waals surface area contributed by atoms with Gasteiger partial charge in [-0.25, -0.2) is 14.6 Å². The fourth-order valence-corrected chi connectivity index (χ4v) is 2.48. The Hall–Kier alpha value is -3.41. The molecule has 6 nitrogen and oxygen atoms in total. The molecule has 25 heavy (non-hydrogen) atoms. The van der Waals surface area contributed by atoms with E-state index in [4.69, 9.17) is 9.15 Å². The Kier molecular flexibility index (Phi) is 4.00. The van der Waals surface area contributed by atoms with Crippen molar-refractivity contribution in [2.75, 3.05) is 0 Å². The van der Waals surface area contributed by atoms with Crippen LogP contribution in [0, 0.1) is 6.92 Å². The van der Waals surface area contributed by atoms with Gasteiger partial charge in [0.2, 0.25) is 5.89 Å². The smallest absolute Gasteiger partial charge is 0.226 e. The summed E-state index contributed by atoms with van der Waals surface area (Å²) >= 11 is 0. The van der Waals surface area contributed by atoms with E-state index in [9.17, 15) is 0 Å². The molecule has 0 N–H and O–H groups in total. The van der Waals surface area contributed by atoms with Crippen molar-refractivity contribution < 1.29 is 9.15 Å². The van der Waals surface area contributed by atoms with Crippen LogP contribution >= 0.6 is 0 Å². The van der Waals surface area contributed by atoms with Gasteiger partial charge in [0.05, 0.1) is 6.54 Å². The fourth-order valence-electron chi connectivity index (χ4n) is 2.48. The van der Waals surface area contributed by atoms with E-state index >= 15 is 0 Å². The van der Waals surface area contributed by atoms with Gasteiger partial charge in [-0.05, 0) is 37.3 Å². The van der Waals surface area contributed by atoms with E-state index in [-0.39, 0.29) is 0 Å². The highest BCUT2D eigenvalue weighted by molar-refractivity contribution is 5.57. The third-order valence-corrected chi connectivity index (χ3v) is 3.73. The monoisotopic (exact) mass is 332 g/mol. The molecule has 0 radical (unpaired) electrons. The molecule has 4 rings (SSSR count). The summed E-state index contributed by atoms with van der Waals surface area (Å²) in [6.07, 6.45) is 3.16. The number of ether oxygens (including phenoxy) is 1. The Morgan fingerprint density at radius 2 is 1.88 bits per heavy atom. The van der Waals surface area contributed by atoms with Gasteiger partial charge in [-0.2, -0.15) is 5.10 Å². The quantitative estimate of drug-likeness (QED) is 0.551. The van der Waals surface area contributed by atoms with Gasteiger partial charge in [-0.1, -0.05) is 24.3 Å². The molecule has 0 atom stereocenters. The largest absolute Gasteiger partial charge is 0.457 e. The number of rotatable bonds is 5. The van der Waals surface area contributed by atoms with E-state index in [1.54, 1.807) is 11.0 Å². The summed E-state index contributed by atoms with van der Waals surface area (Å²) in [5.74, 6) is 2.85. The minimum Gasteiger partial charge on any atom is -0.457 e. The molecule has 0 amide bonds. The van der Waals surface area contributed by atoms with E-state index in [0.717, 1.165) is 28.5 Å². The van der Waals surface area contributed by atoms with Crippen molar-refractivity contribution in [2.45, 2.75) is 13.5 Å². The zero-order valence-electron chi connectivity index (χ0n) is 13.7. The van der Waals surface area contributed by atoms with Gasteiger partial charge in [0.1, 0.15) is 35.6 Å². The molecular formula is C19H16N4O2. The normalized spacial score (nSPS) is 10.8. The van der Waals surface area contributed by atoms with Crippen LogP contribution in [-0.2, 0) is 6.54 Å². The van der Waals surface area contributed by atoms with Crippen LogP contribution in [0.3, 0.4) is 0 Å². The molecule has 0 aliphatic carbocycles. The van der Waals surface area contributed by atoms with Gasteiger partial charge in [-0.15, -0.1) is 0 Å². The van der Waals surface area contributed by atoms with Crippen molar-refractivity contribution >= 4 is 0 Å². The minimum absolute atomic E-state index is 0.523. The van der Waals surface area contributed by atoms with Crippen molar-refractivity contribution in [3.8, 4) is 23.0 Å². The van der Waals surface area contributed by atoms with E-state index in [1.165, 1.54) is 6.33 Å². The topological polar surface area (TPSA) is 66.0 Å². The van der Waals surface area contributed by atoms with Crippen LogP contribution < -0.4 is 4.74 Å². The molecule has 0 saturated heterocycles. The molecule has 0 fully saturated rings. The lowest BCUT2D eigenvalue weighted by atomic mass is 10.2. The maximum absolute atomic E-state index is 5.87. The van der Waals surface area contributed by atoms with Gasteiger partial charge >= 0.3 is 0 Å². The van der Waals surface area contributed by atoms with Gasteiger partial charge in [0.15, 0.2) is 0 Å². The molecule has 4 aromatic rings. The number of para-hydroxylation sites is 1. The average molecular weight is 332 g/mol. The van der Waals surface area contributed by atoms with Crippen LogP contribution in [0.5, 0.6) is 11.5 Å². The summed E-state index contributed by atoms with van der Waals surface area (Å²) in [7, 11) is 0. The second-order valence-electron chi connectivity index (χ2n) is 5.56. The van der Waals surface area contributed by atoms with Crippen LogP contribution in [0.4, 0.5) is 0 Å². The molecule has 2 aromatic heterocycles.